The molecule has 0 saturated carbocycles. The van der Waals surface area contributed by atoms with Crippen LogP contribution in [0.1, 0.15) is 12.5 Å². The lowest BCUT2D eigenvalue weighted by Gasteiger charge is -1.91. The van der Waals surface area contributed by atoms with E-state index in [-0.39, 0.29) is 11.2 Å². The molecule has 1 aromatic carbocycles. The molecule has 0 spiro atoms. The topological polar surface area (TPSA) is 37.3 Å². The van der Waals surface area contributed by atoms with E-state index >= 15 is 0 Å². The molecule has 0 amide bonds. The van der Waals surface area contributed by atoms with Crippen LogP contribution >= 0.6 is 0 Å². The molecule has 1 aromatic rings. The molecule has 62 valence electrons. The summed E-state index contributed by atoms with van der Waals surface area (Å²) in [4.78, 5) is 10.9. The maximum atomic E-state index is 10.9. The third-order valence-corrected chi connectivity index (χ3v) is 1.58. The maximum Gasteiger partial charge on any atom is 0.220 e. The lowest BCUT2D eigenvalue weighted by Crippen LogP contribution is -1.91. The van der Waals surface area contributed by atoms with Crippen molar-refractivity contribution in [2.45, 2.75) is 6.92 Å². The first-order valence-electron chi connectivity index (χ1n) is 3.60. The summed E-state index contributed by atoms with van der Waals surface area (Å²) in [6.07, 6.45) is 0. The molecule has 0 aliphatic carbocycles. The van der Waals surface area contributed by atoms with Crippen LogP contribution < -0.4 is 5.43 Å². The molecule has 0 radical (unpaired) electrons. The second-order valence-electron chi connectivity index (χ2n) is 2.65. The zero-order chi connectivity index (χ0) is 9.14. The van der Waals surface area contributed by atoms with Gasteiger partial charge in [0.05, 0.1) is 0 Å². The Morgan fingerprint density at radius 1 is 1.33 bits per heavy atom. The fraction of sp³-hybridized carbons (Fsp3) is 0.100. The van der Waals surface area contributed by atoms with E-state index < -0.39 is 0 Å². The Morgan fingerprint density at radius 3 is 2.50 bits per heavy atom. The minimum atomic E-state index is -0.373. The highest BCUT2D eigenvalue weighted by molar-refractivity contribution is 5.60. The van der Waals surface area contributed by atoms with Crippen molar-refractivity contribution in [1.29, 1.82) is 0 Å². The summed E-state index contributed by atoms with van der Waals surface area (Å²) < 4.78 is 0. The molecule has 2 heteroatoms. The van der Waals surface area contributed by atoms with E-state index in [0.717, 1.165) is 11.1 Å². The molecule has 2 nitrogen and oxygen atoms in total. The molecule has 0 aliphatic heterocycles. The van der Waals surface area contributed by atoms with E-state index in [2.05, 4.69) is 6.58 Å². The molecule has 12 heavy (non-hydrogen) atoms. The lowest BCUT2D eigenvalue weighted by atomic mass is 10.1. The van der Waals surface area contributed by atoms with Crippen molar-refractivity contribution >= 4 is 5.57 Å². The van der Waals surface area contributed by atoms with Gasteiger partial charge in [-0.15, -0.1) is 0 Å². The van der Waals surface area contributed by atoms with E-state index in [4.69, 9.17) is 5.11 Å². The molecule has 0 atom stereocenters. The first kappa shape index (κ1) is 8.53. The maximum absolute atomic E-state index is 10.9. The first-order valence-corrected chi connectivity index (χ1v) is 3.60. The third kappa shape index (κ3) is 1.72. The SMILES string of the molecule is C=C(C)c1ccc(O)c(=O)cc1. The van der Waals surface area contributed by atoms with Gasteiger partial charge in [0.2, 0.25) is 5.43 Å². The average molecular weight is 162 g/mol. The first-order chi connectivity index (χ1) is 5.61. The number of aromatic hydroxyl groups is 1. The van der Waals surface area contributed by atoms with Crippen LogP contribution in [0.3, 0.4) is 0 Å². The van der Waals surface area contributed by atoms with Crippen molar-refractivity contribution in [3.8, 4) is 5.75 Å². The molecular formula is C10H10O2. The standard InChI is InChI=1S/C10H10O2/c1-7(2)8-3-5-9(11)10(12)6-4-8/h3-6H,1H2,2H3,(H,11,12). The Morgan fingerprint density at radius 2 is 1.92 bits per heavy atom. The van der Waals surface area contributed by atoms with Gasteiger partial charge in [0.15, 0.2) is 5.75 Å². The van der Waals surface area contributed by atoms with Crippen LogP contribution in [0.2, 0.25) is 0 Å². The Labute approximate surface area is 70.8 Å². The molecule has 0 aliphatic rings. The highest BCUT2D eigenvalue weighted by atomic mass is 16.3. The van der Waals surface area contributed by atoms with Gasteiger partial charge < -0.3 is 5.11 Å². The van der Waals surface area contributed by atoms with Gasteiger partial charge in [-0.05, 0) is 24.6 Å². The average Bonchev–Trinajstić information content (AvgIpc) is 2.16. The molecule has 0 heterocycles. The fourth-order valence-corrected chi connectivity index (χ4v) is 0.842. The van der Waals surface area contributed by atoms with Gasteiger partial charge in [0.25, 0.3) is 0 Å². The summed E-state index contributed by atoms with van der Waals surface area (Å²) in [5.74, 6) is -0.234. The van der Waals surface area contributed by atoms with Gasteiger partial charge in [0, 0.05) is 0 Å². The number of allylic oxidation sites excluding steroid dienone is 1. The summed E-state index contributed by atoms with van der Waals surface area (Å²) >= 11 is 0. The van der Waals surface area contributed by atoms with E-state index in [9.17, 15) is 4.79 Å². The molecular weight excluding hydrogens is 152 g/mol. The van der Waals surface area contributed by atoms with Crippen molar-refractivity contribution in [2.75, 3.05) is 0 Å². The van der Waals surface area contributed by atoms with Crippen LogP contribution in [0, 0.1) is 0 Å². The Kier molecular flexibility index (Phi) is 2.29. The molecule has 1 rings (SSSR count). The minimum Gasteiger partial charge on any atom is -0.504 e. The van der Waals surface area contributed by atoms with Crippen molar-refractivity contribution in [1.82, 2.24) is 0 Å². The fourth-order valence-electron chi connectivity index (χ4n) is 0.842. The normalized spacial score (nSPS) is 9.42. The van der Waals surface area contributed by atoms with Gasteiger partial charge in [-0.3, -0.25) is 4.79 Å². The monoisotopic (exact) mass is 162 g/mol. The smallest absolute Gasteiger partial charge is 0.220 e. The van der Waals surface area contributed by atoms with Crippen molar-refractivity contribution in [3.63, 3.8) is 0 Å². The van der Waals surface area contributed by atoms with Crippen molar-refractivity contribution in [2.24, 2.45) is 0 Å². The highest BCUT2D eigenvalue weighted by Gasteiger charge is 1.94. The molecule has 1 N–H and O–H groups in total. The second-order valence-corrected chi connectivity index (χ2v) is 2.65. The van der Waals surface area contributed by atoms with Gasteiger partial charge in [-0.2, -0.15) is 0 Å². The molecule has 0 bridgehead atoms. The van der Waals surface area contributed by atoms with Gasteiger partial charge in [-0.25, -0.2) is 0 Å². The number of hydrogen-bond donors (Lipinski definition) is 1. The number of rotatable bonds is 1. The second kappa shape index (κ2) is 3.22. The number of hydrogen-bond acceptors (Lipinski definition) is 2. The van der Waals surface area contributed by atoms with Crippen LogP contribution in [0.25, 0.3) is 5.57 Å². The summed E-state index contributed by atoms with van der Waals surface area (Å²) in [5, 5.41) is 9.04. The van der Waals surface area contributed by atoms with Gasteiger partial charge in [-0.1, -0.05) is 24.3 Å². The van der Waals surface area contributed by atoms with E-state index in [1.54, 1.807) is 12.1 Å². The Balaban J connectivity index is 3.36. The van der Waals surface area contributed by atoms with Crippen LogP contribution in [0.5, 0.6) is 5.75 Å². The zero-order valence-corrected chi connectivity index (χ0v) is 6.87. The molecule has 0 aromatic heterocycles. The van der Waals surface area contributed by atoms with E-state index in [1.165, 1.54) is 12.1 Å². The largest absolute Gasteiger partial charge is 0.504 e. The van der Waals surface area contributed by atoms with Gasteiger partial charge >= 0.3 is 0 Å². The van der Waals surface area contributed by atoms with Crippen molar-refractivity contribution < 1.29 is 5.11 Å². The van der Waals surface area contributed by atoms with Crippen LogP contribution in [0.15, 0.2) is 35.6 Å². The Bertz CT molecular complexity index is 367. The van der Waals surface area contributed by atoms with Crippen LogP contribution in [0.4, 0.5) is 0 Å². The third-order valence-electron chi connectivity index (χ3n) is 1.58. The van der Waals surface area contributed by atoms with E-state index in [1.807, 2.05) is 6.92 Å². The van der Waals surface area contributed by atoms with E-state index in [0.29, 0.717) is 0 Å². The van der Waals surface area contributed by atoms with Crippen molar-refractivity contribution in [3.05, 3.63) is 46.6 Å². The Hall–Kier alpha value is -1.57. The van der Waals surface area contributed by atoms with Crippen LogP contribution in [-0.4, -0.2) is 5.11 Å². The summed E-state index contributed by atoms with van der Waals surface area (Å²) in [6.45, 7) is 5.57. The summed E-state index contributed by atoms with van der Waals surface area (Å²) in [7, 11) is 0. The predicted octanol–water partition coefficient (Wildman–Crippen LogP) is 1.79. The quantitative estimate of drug-likeness (QED) is 0.683. The summed E-state index contributed by atoms with van der Waals surface area (Å²) in [5.41, 5.74) is 1.35. The minimum absolute atomic E-state index is 0.234. The zero-order valence-electron chi connectivity index (χ0n) is 6.87. The summed E-state index contributed by atoms with van der Waals surface area (Å²) in [6, 6.07) is 6.02. The van der Waals surface area contributed by atoms with Gasteiger partial charge in [0.1, 0.15) is 0 Å². The highest BCUT2D eigenvalue weighted by Crippen LogP contribution is 2.10. The predicted molar refractivity (Wildman–Crippen MR) is 49.1 cm³/mol. The molecule has 0 saturated heterocycles. The molecule has 0 fully saturated rings. The van der Waals surface area contributed by atoms with Crippen LogP contribution in [-0.2, 0) is 0 Å². The lowest BCUT2D eigenvalue weighted by molar-refractivity contribution is 0.471. The molecule has 0 unspecified atom stereocenters.